The van der Waals surface area contributed by atoms with Gasteiger partial charge in [0, 0.05) is 31.1 Å². The average Bonchev–Trinajstić information content (AvgIpc) is 3.20. The van der Waals surface area contributed by atoms with E-state index < -0.39 is 0 Å². The lowest BCUT2D eigenvalue weighted by Gasteiger charge is -2.19. The molecule has 1 saturated heterocycles. The first-order valence-electron chi connectivity index (χ1n) is 8.65. The quantitative estimate of drug-likeness (QED) is 0.767. The van der Waals surface area contributed by atoms with Gasteiger partial charge in [-0.15, -0.1) is 0 Å². The van der Waals surface area contributed by atoms with Crippen molar-refractivity contribution in [2.45, 2.75) is 20.8 Å². The van der Waals surface area contributed by atoms with Gasteiger partial charge in [0.05, 0.1) is 12.4 Å². The summed E-state index contributed by atoms with van der Waals surface area (Å²) >= 11 is 0. The molecule has 1 aliphatic rings. The van der Waals surface area contributed by atoms with Gasteiger partial charge in [0.25, 0.3) is 0 Å². The Hall–Kier alpha value is -2.82. The Balaban J connectivity index is 0.000000784. The van der Waals surface area contributed by atoms with Crippen LogP contribution in [0.2, 0.25) is 0 Å². The molecule has 2 aromatic heterocycles. The number of aryl methyl sites for hydroxylation is 1. The molecule has 1 N–H and O–H groups in total. The summed E-state index contributed by atoms with van der Waals surface area (Å²) in [5.74, 6) is 0.967. The van der Waals surface area contributed by atoms with Crippen LogP contribution in [0.3, 0.4) is 0 Å². The number of hydrogen-bond donors (Lipinski definition) is 1. The number of benzene rings is 1. The van der Waals surface area contributed by atoms with Crippen molar-refractivity contribution in [3.63, 3.8) is 0 Å². The largest absolute Gasteiger partial charge is 0.354 e. The van der Waals surface area contributed by atoms with Crippen LogP contribution in [0.4, 0.5) is 5.82 Å². The molecule has 0 bridgehead atoms. The minimum Gasteiger partial charge on any atom is -0.354 e. The fourth-order valence-corrected chi connectivity index (χ4v) is 3.04. The molecule has 0 aliphatic carbocycles. The van der Waals surface area contributed by atoms with Crippen LogP contribution in [0.5, 0.6) is 0 Å². The molecule has 5 heteroatoms. The second-order valence-electron chi connectivity index (χ2n) is 6.09. The van der Waals surface area contributed by atoms with Crippen LogP contribution >= 0.6 is 0 Å². The standard InChI is InChI=1S/C18H18N4O.C2H6.H2/c1-12-7-14(16-8-13-5-3-4-6-15(13)20-16)18(19-9-12)22-10-17(23)21(2)11-22;1-2;/h3-9,20H,10-11H2,1-2H3;1-2H3;1H. The molecule has 4 rings (SSSR count). The third-order valence-electron chi connectivity index (χ3n) is 4.26. The first-order chi connectivity index (χ1) is 12.1. The highest BCUT2D eigenvalue weighted by atomic mass is 16.2. The Morgan fingerprint density at radius 3 is 2.64 bits per heavy atom. The van der Waals surface area contributed by atoms with Crippen LogP contribution in [-0.2, 0) is 4.79 Å². The number of aromatic amines is 1. The van der Waals surface area contributed by atoms with Crippen molar-refractivity contribution in [3.8, 4) is 11.3 Å². The number of nitrogens with zero attached hydrogens (tertiary/aromatic N) is 3. The lowest BCUT2D eigenvalue weighted by Crippen LogP contribution is -2.24. The second kappa shape index (κ2) is 6.97. The minimum absolute atomic E-state index is 0. The molecule has 3 heterocycles. The molecule has 0 radical (unpaired) electrons. The fourth-order valence-electron chi connectivity index (χ4n) is 3.04. The third-order valence-corrected chi connectivity index (χ3v) is 4.26. The lowest BCUT2D eigenvalue weighted by molar-refractivity contribution is -0.125. The predicted octanol–water partition coefficient (Wildman–Crippen LogP) is 4.05. The van der Waals surface area contributed by atoms with Crippen molar-refractivity contribution in [2.24, 2.45) is 0 Å². The van der Waals surface area contributed by atoms with Crippen molar-refractivity contribution >= 4 is 22.6 Å². The lowest BCUT2D eigenvalue weighted by atomic mass is 10.1. The minimum atomic E-state index is 0. The topological polar surface area (TPSA) is 52.2 Å². The maximum absolute atomic E-state index is 11.9. The highest BCUT2D eigenvalue weighted by Gasteiger charge is 2.27. The summed E-state index contributed by atoms with van der Waals surface area (Å²) in [6.45, 7) is 6.98. The number of nitrogens with one attached hydrogen (secondary N) is 1. The third kappa shape index (κ3) is 3.22. The summed E-state index contributed by atoms with van der Waals surface area (Å²) in [6, 6.07) is 12.5. The number of carbonyl (C=O) groups excluding carboxylic acids is 1. The Morgan fingerprint density at radius 1 is 1.20 bits per heavy atom. The number of fused-ring (bicyclic) bond motifs is 1. The van der Waals surface area contributed by atoms with E-state index in [1.807, 2.05) is 51.0 Å². The van der Waals surface area contributed by atoms with Crippen molar-refractivity contribution in [3.05, 3.63) is 48.2 Å². The summed E-state index contributed by atoms with van der Waals surface area (Å²) in [5.41, 5.74) is 4.26. The normalized spacial score (nSPS) is 14.0. The molecule has 5 nitrogen and oxygen atoms in total. The Bertz CT molecular complexity index is 873. The van der Waals surface area contributed by atoms with E-state index in [2.05, 4.69) is 34.2 Å². The fraction of sp³-hybridized carbons (Fsp3) is 0.300. The SMILES string of the molecule is CC.Cc1cnc(N2CC(=O)N(C)C2)c(-c2cc3ccccc3[nH]2)c1.[HH]. The Labute approximate surface area is 149 Å². The van der Waals surface area contributed by atoms with E-state index in [9.17, 15) is 4.79 Å². The molecule has 1 aromatic carbocycles. The summed E-state index contributed by atoms with van der Waals surface area (Å²) in [7, 11) is 1.82. The zero-order valence-corrected chi connectivity index (χ0v) is 15.2. The first kappa shape index (κ1) is 17.0. The van der Waals surface area contributed by atoms with Crippen molar-refractivity contribution in [2.75, 3.05) is 25.2 Å². The number of carbonyl (C=O) groups is 1. The van der Waals surface area contributed by atoms with Gasteiger partial charge >= 0.3 is 0 Å². The second-order valence-corrected chi connectivity index (χ2v) is 6.09. The summed E-state index contributed by atoms with van der Waals surface area (Å²) < 4.78 is 0. The van der Waals surface area contributed by atoms with Crippen molar-refractivity contribution < 1.29 is 6.22 Å². The van der Waals surface area contributed by atoms with Crippen molar-refractivity contribution in [1.82, 2.24) is 14.9 Å². The zero-order valence-electron chi connectivity index (χ0n) is 15.2. The van der Waals surface area contributed by atoms with Gasteiger partial charge in [0.2, 0.25) is 5.91 Å². The molecule has 3 aromatic rings. The highest BCUT2D eigenvalue weighted by Crippen LogP contribution is 2.32. The number of aromatic nitrogens is 2. The van der Waals surface area contributed by atoms with E-state index in [1.54, 1.807) is 4.90 Å². The van der Waals surface area contributed by atoms with Gasteiger partial charge in [0.1, 0.15) is 12.4 Å². The van der Waals surface area contributed by atoms with Crippen LogP contribution < -0.4 is 4.90 Å². The number of pyridine rings is 1. The highest BCUT2D eigenvalue weighted by molar-refractivity contribution is 5.90. The van der Waals surface area contributed by atoms with Crippen LogP contribution in [0.15, 0.2) is 42.6 Å². The van der Waals surface area contributed by atoms with E-state index in [0.29, 0.717) is 13.2 Å². The Morgan fingerprint density at radius 2 is 1.96 bits per heavy atom. The molecule has 25 heavy (non-hydrogen) atoms. The van der Waals surface area contributed by atoms with Crippen LogP contribution in [0, 0.1) is 6.92 Å². The van der Waals surface area contributed by atoms with E-state index >= 15 is 0 Å². The molecule has 0 saturated carbocycles. The van der Waals surface area contributed by atoms with Gasteiger partial charge in [0.15, 0.2) is 0 Å². The number of H-pyrrole nitrogens is 1. The first-order valence-corrected chi connectivity index (χ1v) is 8.65. The molecule has 0 atom stereocenters. The molecule has 0 spiro atoms. The predicted molar refractivity (Wildman–Crippen MR) is 105 cm³/mol. The molecular formula is C20H26N4O. The summed E-state index contributed by atoms with van der Waals surface area (Å²) in [5, 5.41) is 1.17. The number of para-hydroxylation sites is 1. The van der Waals surface area contributed by atoms with Gasteiger partial charge in [-0.1, -0.05) is 32.0 Å². The average molecular weight is 338 g/mol. The summed E-state index contributed by atoms with van der Waals surface area (Å²) in [4.78, 5) is 23.7. The zero-order chi connectivity index (χ0) is 18.0. The number of anilines is 1. The Kier molecular flexibility index (Phi) is 4.74. The van der Waals surface area contributed by atoms with Gasteiger partial charge in [-0.3, -0.25) is 4.79 Å². The van der Waals surface area contributed by atoms with E-state index in [-0.39, 0.29) is 7.33 Å². The van der Waals surface area contributed by atoms with Gasteiger partial charge in [-0.05, 0) is 30.7 Å². The molecule has 132 valence electrons. The molecule has 1 amide bonds. The van der Waals surface area contributed by atoms with Gasteiger partial charge in [-0.2, -0.15) is 0 Å². The molecule has 1 fully saturated rings. The number of amides is 1. The number of likely N-dealkylation sites (N-methyl/N-ethyl adjacent to an activating group) is 1. The van der Waals surface area contributed by atoms with Gasteiger partial charge < -0.3 is 14.8 Å². The van der Waals surface area contributed by atoms with Crippen LogP contribution in [0.25, 0.3) is 22.2 Å². The molecular weight excluding hydrogens is 312 g/mol. The molecule has 1 aliphatic heterocycles. The van der Waals surface area contributed by atoms with Gasteiger partial charge in [-0.25, -0.2) is 4.98 Å². The number of hydrogen-bond acceptors (Lipinski definition) is 3. The maximum atomic E-state index is 11.9. The van der Waals surface area contributed by atoms with E-state index in [0.717, 1.165) is 28.2 Å². The monoisotopic (exact) mass is 338 g/mol. The van der Waals surface area contributed by atoms with Crippen LogP contribution in [-0.4, -0.2) is 41.0 Å². The van der Waals surface area contributed by atoms with Crippen molar-refractivity contribution in [1.29, 1.82) is 0 Å². The molecule has 0 unspecified atom stereocenters. The van der Waals surface area contributed by atoms with Crippen LogP contribution in [0.1, 0.15) is 20.8 Å². The number of rotatable bonds is 2. The van der Waals surface area contributed by atoms with E-state index in [1.165, 1.54) is 5.39 Å². The van der Waals surface area contributed by atoms with E-state index in [4.69, 9.17) is 0 Å². The summed E-state index contributed by atoms with van der Waals surface area (Å²) in [6.07, 6.45) is 1.85. The smallest absolute Gasteiger partial charge is 0.243 e. The maximum Gasteiger partial charge on any atom is 0.243 e.